The summed E-state index contributed by atoms with van der Waals surface area (Å²) in [5.74, 6) is -0.226. The van der Waals surface area contributed by atoms with Gasteiger partial charge in [-0.25, -0.2) is 31.2 Å². The lowest BCUT2D eigenvalue weighted by molar-refractivity contribution is -0.135. The Morgan fingerprint density at radius 1 is 0.707 bits per heavy atom. The van der Waals surface area contributed by atoms with Gasteiger partial charge in [-0.2, -0.15) is 9.40 Å². The number of hydrogen-bond donors (Lipinski definition) is 3. The summed E-state index contributed by atoms with van der Waals surface area (Å²) in [5.41, 5.74) is 1.32. The van der Waals surface area contributed by atoms with Crippen LogP contribution in [0.2, 0.25) is 0 Å². The van der Waals surface area contributed by atoms with E-state index in [1.165, 1.54) is 44.1 Å². The second-order valence-corrected chi connectivity index (χ2v) is 23.9. The van der Waals surface area contributed by atoms with Crippen LogP contribution in [0.15, 0.2) is 88.9 Å². The van der Waals surface area contributed by atoms with Crippen molar-refractivity contribution in [3.63, 3.8) is 0 Å². The number of hydrogen-bond acceptors (Lipinski definition) is 19. The number of rotatable bonds is 34. The van der Waals surface area contributed by atoms with Crippen LogP contribution in [0, 0.1) is 12.8 Å². The van der Waals surface area contributed by atoms with Gasteiger partial charge >= 0.3 is 5.97 Å². The van der Waals surface area contributed by atoms with Crippen molar-refractivity contribution in [2.45, 2.75) is 68.2 Å². The number of benzene rings is 2. The lowest BCUT2D eigenvalue weighted by atomic mass is 9.90. The summed E-state index contributed by atoms with van der Waals surface area (Å²) in [7, 11) is -6.35. The first-order valence-corrected chi connectivity index (χ1v) is 30.1. The number of aliphatic carboxylic acids is 1. The molecule has 0 unspecified atom stereocenters. The maximum Gasteiger partial charge on any atom is 0.322 e. The number of ether oxygens (including phenoxy) is 8. The van der Waals surface area contributed by atoms with E-state index in [1.807, 2.05) is 29.2 Å². The highest BCUT2D eigenvalue weighted by molar-refractivity contribution is 7.90. The molecule has 7 rings (SSSR count). The number of aryl methyl sites for hydroxylation is 2. The third kappa shape index (κ3) is 18.2. The quantitative estimate of drug-likeness (QED) is 0.0491. The van der Waals surface area contributed by atoms with Gasteiger partial charge in [0.2, 0.25) is 15.9 Å². The van der Waals surface area contributed by atoms with E-state index in [4.69, 9.17) is 48.0 Å². The van der Waals surface area contributed by atoms with Gasteiger partial charge in [0.25, 0.3) is 21.8 Å². The van der Waals surface area contributed by atoms with Gasteiger partial charge in [-0.15, -0.1) is 5.10 Å². The number of carbonyl (C=O) groups is 3. The first-order chi connectivity index (χ1) is 39.3. The smallest absolute Gasteiger partial charge is 0.322 e. The molecule has 2 fully saturated rings. The molecule has 82 heavy (non-hydrogen) atoms. The zero-order chi connectivity index (χ0) is 58.7. The molecule has 2 saturated heterocycles. The topological polar surface area (TPSA) is 293 Å². The standard InChI is InChI=1S/C55H75N9O16S2/c1-40-36-55(3,4)63(38-40)52-47(54(68)60-81(69,70)48-39-61(5)58-41(48)2)14-15-49(57-52)64-21-18-50(59-64)80-35-33-78-31-29-76-27-25-74-23-22-73-24-26-75-28-30-77-32-34-79-45-10-6-42(7-11-45)43-16-19-62(20-17-43)82(71,72)46-12-8-44(9-13-46)53(67)56-37-51(65)66/h6-15,18,21,39-40,43H,16-17,19-20,22-38H2,1-5H3,(H,56,67)(H,60,68)(H,65,66)/t40-/m0/s1. The van der Waals surface area contributed by atoms with Crippen LogP contribution >= 0.6 is 0 Å². The lowest BCUT2D eigenvalue weighted by Gasteiger charge is -2.34. The number of nitrogens with zero attached hydrogens (tertiary/aromatic N) is 7. The highest BCUT2D eigenvalue weighted by Gasteiger charge is 2.40. The third-order valence-corrected chi connectivity index (χ3v) is 16.9. The van der Waals surface area contributed by atoms with E-state index in [-0.39, 0.29) is 44.7 Å². The molecule has 3 aromatic heterocycles. The van der Waals surface area contributed by atoms with Crippen molar-refractivity contribution >= 4 is 43.6 Å². The predicted octanol–water partition coefficient (Wildman–Crippen LogP) is 3.99. The van der Waals surface area contributed by atoms with Crippen LogP contribution in [0.1, 0.15) is 77.9 Å². The molecule has 1 atom stereocenters. The number of nitrogens with one attached hydrogen (secondary N) is 2. The van der Waals surface area contributed by atoms with Crippen LogP contribution in [-0.4, -0.2) is 193 Å². The Morgan fingerprint density at radius 3 is 1.79 bits per heavy atom. The summed E-state index contributed by atoms with van der Waals surface area (Å²) in [5, 5.41) is 19.6. The molecular weight excluding hydrogens is 1110 g/mol. The second kappa shape index (κ2) is 30.1. The molecule has 0 saturated carbocycles. The zero-order valence-corrected chi connectivity index (χ0v) is 48.7. The van der Waals surface area contributed by atoms with Gasteiger partial charge in [-0.05, 0) is 106 Å². The number of sulfonamides is 2. The van der Waals surface area contributed by atoms with E-state index >= 15 is 0 Å². The molecule has 0 bridgehead atoms. The highest BCUT2D eigenvalue weighted by Crippen LogP contribution is 2.38. The first-order valence-electron chi connectivity index (χ1n) is 27.1. The molecule has 27 heteroatoms. The van der Waals surface area contributed by atoms with E-state index in [9.17, 15) is 31.2 Å². The summed E-state index contributed by atoms with van der Waals surface area (Å²) in [4.78, 5) is 43.4. The number of carboxylic acids is 1. The number of aromatic nitrogens is 5. The SMILES string of the molecule is Cc1nn(C)cc1S(=O)(=O)NC(=O)c1ccc(-n2ccc(OCCOCCOCCOCCOCCOCCOCCOc3ccc(C4CCN(S(=O)(=O)c5ccc(C(=O)NCC(=O)O)cc5)CC4)cc3)n2)nc1N1C[C@@H](C)CC1(C)C. The van der Waals surface area contributed by atoms with E-state index < -0.39 is 44.4 Å². The number of piperidine rings is 1. The van der Waals surface area contributed by atoms with Gasteiger partial charge in [0.05, 0.1) is 95.4 Å². The monoisotopic (exact) mass is 1180 g/mol. The van der Waals surface area contributed by atoms with Crippen LogP contribution in [0.5, 0.6) is 11.6 Å². The fourth-order valence-corrected chi connectivity index (χ4v) is 12.2. The van der Waals surface area contributed by atoms with Crippen molar-refractivity contribution in [2.24, 2.45) is 13.0 Å². The molecule has 2 amide bonds. The van der Waals surface area contributed by atoms with Crippen molar-refractivity contribution in [3.05, 3.63) is 102 Å². The third-order valence-electron chi connectivity index (χ3n) is 13.5. The van der Waals surface area contributed by atoms with E-state index in [2.05, 4.69) is 41.0 Å². The molecule has 5 aromatic rings. The minimum absolute atomic E-state index is 0.0758. The maximum absolute atomic E-state index is 13.6. The van der Waals surface area contributed by atoms with Crippen molar-refractivity contribution in [1.82, 2.24) is 38.9 Å². The summed E-state index contributed by atoms with van der Waals surface area (Å²) in [6.07, 6.45) is 5.21. The van der Waals surface area contributed by atoms with E-state index in [0.717, 1.165) is 12.0 Å². The van der Waals surface area contributed by atoms with Crippen molar-refractivity contribution in [2.75, 3.05) is 124 Å². The molecule has 2 aliphatic rings. The van der Waals surface area contributed by atoms with Crippen molar-refractivity contribution < 1.29 is 74.2 Å². The van der Waals surface area contributed by atoms with Crippen LogP contribution in [-0.2, 0) is 60.3 Å². The van der Waals surface area contributed by atoms with Crippen LogP contribution in [0.3, 0.4) is 0 Å². The number of amides is 2. The van der Waals surface area contributed by atoms with Crippen molar-refractivity contribution in [3.8, 4) is 17.4 Å². The lowest BCUT2D eigenvalue weighted by Crippen LogP contribution is -2.41. The van der Waals surface area contributed by atoms with Crippen molar-refractivity contribution in [1.29, 1.82) is 0 Å². The number of pyridine rings is 1. The van der Waals surface area contributed by atoms with E-state index in [0.29, 0.717) is 148 Å². The largest absolute Gasteiger partial charge is 0.491 e. The molecule has 2 aliphatic heterocycles. The Morgan fingerprint density at radius 2 is 1.27 bits per heavy atom. The molecular formula is C55H75N9O16S2. The minimum Gasteiger partial charge on any atom is -0.491 e. The predicted molar refractivity (Wildman–Crippen MR) is 299 cm³/mol. The zero-order valence-electron chi connectivity index (χ0n) is 47.0. The fourth-order valence-electron chi connectivity index (χ4n) is 9.57. The summed E-state index contributed by atoms with van der Waals surface area (Å²) >= 11 is 0. The fraction of sp³-hybridized carbons (Fsp3) is 0.527. The van der Waals surface area contributed by atoms with Gasteiger partial charge in [0.15, 0.2) is 5.82 Å². The van der Waals surface area contributed by atoms with Gasteiger partial charge in [-0.1, -0.05) is 19.1 Å². The van der Waals surface area contributed by atoms with Crippen LogP contribution < -0.4 is 24.4 Å². The molecule has 0 radical (unpaired) electrons. The average molecular weight is 1180 g/mol. The Bertz CT molecular complexity index is 3090. The number of carboxylic acid groups (broad SMARTS) is 1. The van der Waals surface area contributed by atoms with Gasteiger partial charge in [0, 0.05) is 56.2 Å². The van der Waals surface area contributed by atoms with Crippen LogP contribution in [0.25, 0.3) is 5.82 Å². The number of anilines is 1. The Labute approximate surface area is 478 Å². The first kappa shape index (κ1) is 63.0. The van der Waals surface area contributed by atoms with Crippen LogP contribution in [0.4, 0.5) is 5.82 Å². The average Bonchev–Trinajstić information content (AvgIpc) is 4.02. The van der Waals surface area contributed by atoms with Gasteiger partial charge in [0.1, 0.15) is 36.2 Å². The van der Waals surface area contributed by atoms with Gasteiger partial charge < -0.3 is 53.2 Å². The summed E-state index contributed by atoms with van der Waals surface area (Å²) in [6.45, 7) is 14.0. The maximum atomic E-state index is 13.6. The Balaban J connectivity index is 0.662. The summed E-state index contributed by atoms with van der Waals surface area (Å²) in [6, 6.07) is 18.1. The number of carbonyl (C=O) groups excluding carboxylic acids is 2. The molecule has 448 valence electrons. The molecule has 25 nitrogen and oxygen atoms in total. The molecule has 3 N–H and O–H groups in total. The normalized spacial score (nSPS) is 15.9. The second-order valence-electron chi connectivity index (χ2n) is 20.3. The molecule has 5 heterocycles. The molecule has 0 aliphatic carbocycles. The Kier molecular flexibility index (Phi) is 23.2. The van der Waals surface area contributed by atoms with E-state index in [1.54, 1.807) is 38.4 Å². The molecule has 0 spiro atoms. The summed E-state index contributed by atoms with van der Waals surface area (Å²) < 4.78 is 105. The van der Waals surface area contributed by atoms with Gasteiger partial charge in [-0.3, -0.25) is 19.1 Å². The molecule has 2 aromatic carbocycles. The Hall–Kier alpha value is -6.56. The highest BCUT2D eigenvalue weighted by atomic mass is 32.2. The minimum atomic E-state index is -4.21.